The van der Waals surface area contributed by atoms with Gasteiger partial charge in [0.1, 0.15) is 5.75 Å². The molecule has 2 aromatic rings. The van der Waals surface area contributed by atoms with Crippen molar-refractivity contribution >= 4 is 35.6 Å². The molecule has 0 bridgehead atoms. The first-order valence-electron chi connectivity index (χ1n) is 8.56. The number of ether oxygens (including phenoxy) is 2. The fraction of sp³-hybridized carbons (Fsp3) is 0.190. The van der Waals surface area contributed by atoms with E-state index in [0.29, 0.717) is 11.5 Å². The third-order valence-electron chi connectivity index (χ3n) is 3.49. The van der Waals surface area contributed by atoms with E-state index in [9.17, 15) is 14.4 Å². The minimum Gasteiger partial charge on any atom is -0.497 e. The number of benzene rings is 2. The van der Waals surface area contributed by atoms with E-state index in [1.807, 2.05) is 30.3 Å². The molecule has 6 nitrogen and oxygen atoms in total. The molecule has 2 aromatic carbocycles. The number of carbonyl (C=O) groups excluding carboxylic acids is 3. The van der Waals surface area contributed by atoms with E-state index in [4.69, 9.17) is 9.47 Å². The molecule has 2 amide bonds. The van der Waals surface area contributed by atoms with Crippen LogP contribution in [0.2, 0.25) is 0 Å². The van der Waals surface area contributed by atoms with Crippen molar-refractivity contribution in [1.82, 2.24) is 5.32 Å². The maximum Gasteiger partial charge on any atom is 0.331 e. The third-order valence-corrected chi connectivity index (χ3v) is 4.51. The number of nitrogens with one attached hydrogen (secondary N) is 1. The Labute approximate surface area is 167 Å². The number of carbonyl (C=O) groups is 3. The van der Waals surface area contributed by atoms with E-state index in [0.717, 1.165) is 10.5 Å². The first kappa shape index (κ1) is 21.2. The number of rotatable bonds is 9. The van der Waals surface area contributed by atoms with Gasteiger partial charge in [0.15, 0.2) is 6.61 Å². The highest BCUT2D eigenvalue weighted by Crippen LogP contribution is 2.17. The summed E-state index contributed by atoms with van der Waals surface area (Å²) in [7, 11) is 1.57. The summed E-state index contributed by atoms with van der Waals surface area (Å²) in [4.78, 5) is 36.1. The maximum absolute atomic E-state index is 11.7. The molecule has 0 fully saturated rings. The van der Waals surface area contributed by atoms with Gasteiger partial charge in [0.2, 0.25) is 5.91 Å². The van der Waals surface area contributed by atoms with Crippen molar-refractivity contribution < 1.29 is 23.9 Å². The van der Waals surface area contributed by atoms with Crippen LogP contribution in [-0.4, -0.2) is 37.3 Å². The molecule has 0 spiro atoms. The van der Waals surface area contributed by atoms with Crippen LogP contribution in [0, 0.1) is 0 Å². The Morgan fingerprint density at radius 2 is 1.71 bits per heavy atom. The molecule has 0 saturated heterocycles. The Kier molecular flexibility index (Phi) is 8.81. The molecule has 0 radical (unpaired) electrons. The average Bonchev–Trinajstić information content (AvgIpc) is 2.72. The summed E-state index contributed by atoms with van der Waals surface area (Å²) in [6.45, 7) is -0.511. The van der Waals surface area contributed by atoms with Crippen LogP contribution >= 0.6 is 11.8 Å². The van der Waals surface area contributed by atoms with Gasteiger partial charge in [-0.15, -0.1) is 11.8 Å². The summed E-state index contributed by atoms with van der Waals surface area (Å²) >= 11 is 1.53. The number of amides is 2. The molecule has 0 aromatic heterocycles. The highest BCUT2D eigenvalue weighted by atomic mass is 32.2. The Hall–Kier alpha value is -3.06. The van der Waals surface area contributed by atoms with E-state index < -0.39 is 24.4 Å². The van der Waals surface area contributed by atoms with E-state index in [-0.39, 0.29) is 6.42 Å². The van der Waals surface area contributed by atoms with Crippen LogP contribution in [-0.2, 0) is 19.1 Å². The van der Waals surface area contributed by atoms with E-state index in [1.54, 1.807) is 37.5 Å². The fourth-order valence-electron chi connectivity index (χ4n) is 2.10. The normalized spacial score (nSPS) is 10.5. The summed E-state index contributed by atoms with van der Waals surface area (Å²) in [5.74, 6) is -0.464. The summed E-state index contributed by atoms with van der Waals surface area (Å²) in [5.41, 5.74) is 0.785. The van der Waals surface area contributed by atoms with Crippen LogP contribution < -0.4 is 10.1 Å². The number of thioether (sulfide) groups is 1. The lowest BCUT2D eigenvalue weighted by Gasteiger charge is -2.05. The molecule has 0 unspecified atom stereocenters. The Morgan fingerprint density at radius 3 is 2.39 bits per heavy atom. The minimum atomic E-state index is -0.668. The van der Waals surface area contributed by atoms with Gasteiger partial charge in [-0.3, -0.25) is 14.9 Å². The molecule has 0 aliphatic carbocycles. The minimum absolute atomic E-state index is 0.191. The van der Waals surface area contributed by atoms with Gasteiger partial charge < -0.3 is 9.47 Å². The Morgan fingerprint density at radius 1 is 1.00 bits per heavy atom. The van der Waals surface area contributed by atoms with Crippen molar-refractivity contribution in [1.29, 1.82) is 0 Å². The number of methoxy groups -OCH3 is 1. The van der Waals surface area contributed by atoms with Gasteiger partial charge in [0.25, 0.3) is 5.91 Å². The van der Waals surface area contributed by atoms with Gasteiger partial charge in [-0.05, 0) is 35.9 Å². The first-order chi connectivity index (χ1) is 13.6. The lowest BCUT2D eigenvalue weighted by molar-refractivity contribution is -0.145. The third kappa shape index (κ3) is 8.09. The highest BCUT2D eigenvalue weighted by molar-refractivity contribution is 7.99. The van der Waals surface area contributed by atoms with Crippen molar-refractivity contribution in [3.8, 4) is 5.75 Å². The van der Waals surface area contributed by atoms with Crippen LogP contribution in [0.1, 0.15) is 12.0 Å². The molecule has 146 valence electrons. The molecular weight excluding hydrogens is 378 g/mol. The van der Waals surface area contributed by atoms with Crippen LogP contribution in [0.15, 0.2) is 65.6 Å². The van der Waals surface area contributed by atoms with E-state index in [1.165, 1.54) is 17.8 Å². The molecule has 1 N–H and O–H groups in total. The Bertz CT molecular complexity index is 818. The van der Waals surface area contributed by atoms with Crippen molar-refractivity contribution in [2.75, 3.05) is 19.5 Å². The summed E-state index contributed by atoms with van der Waals surface area (Å²) in [5, 5.41) is 2.20. The van der Waals surface area contributed by atoms with Crippen molar-refractivity contribution in [2.45, 2.75) is 11.3 Å². The number of hydrogen-bond donors (Lipinski definition) is 1. The molecule has 0 aliphatic heterocycles. The SMILES string of the molecule is COc1ccc(/C=C/C(=O)OCC(=O)NC(=O)CCSc2ccccc2)cc1. The topological polar surface area (TPSA) is 81.7 Å². The number of hydrogen-bond acceptors (Lipinski definition) is 6. The summed E-state index contributed by atoms with van der Waals surface area (Å²) < 4.78 is 9.87. The maximum atomic E-state index is 11.7. The average molecular weight is 399 g/mol. The Balaban J connectivity index is 1.64. The van der Waals surface area contributed by atoms with E-state index >= 15 is 0 Å². The molecule has 28 heavy (non-hydrogen) atoms. The molecular formula is C21H21NO5S. The number of imide groups is 1. The monoisotopic (exact) mass is 399 g/mol. The van der Waals surface area contributed by atoms with Crippen molar-refractivity contribution in [2.24, 2.45) is 0 Å². The van der Waals surface area contributed by atoms with Crippen LogP contribution in [0.25, 0.3) is 6.08 Å². The van der Waals surface area contributed by atoms with Crippen LogP contribution in [0.3, 0.4) is 0 Å². The zero-order valence-electron chi connectivity index (χ0n) is 15.4. The standard InChI is InChI=1S/C21H21NO5S/c1-26-17-10-7-16(8-11-17)9-12-21(25)27-15-20(24)22-19(23)13-14-28-18-5-3-2-4-6-18/h2-12H,13-15H2,1H3,(H,22,23,24)/b12-9+. The van der Waals surface area contributed by atoms with E-state index in [2.05, 4.69) is 5.32 Å². The molecule has 0 aliphatic rings. The van der Waals surface area contributed by atoms with Gasteiger partial charge in [0.05, 0.1) is 7.11 Å². The summed E-state index contributed by atoms with van der Waals surface area (Å²) in [6, 6.07) is 16.7. The fourth-order valence-corrected chi connectivity index (χ4v) is 2.97. The van der Waals surface area contributed by atoms with Crippen molar-refractivity contribution in [3.63, 3.8) is 0 Å². The lowest BCUT2D eigenvalue weighted by Crippen LogP contribution is -2.34. The van der Waals surface area contributed by atoms with Crippen LogP contribution in [0.5, 0.6) is 5.75 Å². The lowest BCUT2D eigenvalue weighted by atomic mass is 10.2. The van der Waals surface area contributed by atoms with Crippen LogP contribution in [0.4, 0.5) is 0 Å². The van der Waals surface area contributed by atoms with Crippen molar-refractivity contribution in [3.05, 3.63) is 66.2 Å². The molecule has 0 heterocycles. The largest absolute Gasteiger partial charge is 0.497 e. The first-order valence-corrected chi connectivity index (χ1v) is 9.55. The second kappa shape index (κ2) is 11.6. The predicted molar refractivity (Wildman–Crippen MR) is 108 cm³/mol. The molecule has 0 atom stereocenters. The smallest absolute Gasteiger partial charge is 0.331 e. The molecule has 0 saturated carbocycles. The van der Waals surface area contributed by atoms with Gasteiger partial charge >= 0.3 is 5.97 Å². The van der Waals surface area contributed by atoms with Gasteiger partial charge in [-0.2, -0.15) is 0 Å². The molecule has 7 heteroatoms. The van der Waals surface area contributed by atoms with Gasteiger partial charge in [-0.1, -0.05) is 30.3 Å². The second-order valence-electron chi connectivity index (χ2n) is 5.60. The second-order valence-corrected chi connectivity index (χ2v) is 6.77. The quantitative estimate of drug-likeness (QED) is 0.396. The molecule has 2 rings (SSSR count). The summed E-state index contributed by atoms with van der Waals surface area (Å²) in [6.07, 6.45) is 2.97. The zero-order chi connectivity index (χ0) is 20.2. The highest BCUT2D eigenvalue weighted by Gasteiger charge is 2.10. The van der Waals surface area contributed by atoms with Gasteiger partial charge in [0, 0.05) is 23.1 Å². The van der Waals surface area contributed by atoms with Gasteiger partial charge in [-0.25, -0.2) is 4.79 Å². The zero-order valence-corrected chi connectivity index (χ0v) is 16.2. The predicted octanol–water partition coefficient (Wildman–Crippen LogP) is 3.08. The number of esters is 1.